The summed E-state index contributed by atoms with van der Waals surface area (Å²) in [6.45, 7) is 6.12. The van der Waals surface area contributed by atoms with Gasteiger partial charge in [-0.1, -0.05) is 0 Å². The van der Waals surface area contributed by atoms with E-state index in [4.69, 9.17) is 10.3 Å². The first-order valence-electron chi connectivity index (χ1n) is 5.16. The van der Waals surface area contributed by atoms with E-state index in [1.165, 1.54) is 0 Å². The lowest BCUT2D eigenvalue weighted by Crippen LogP contribution is -2.29. The summed E-state index contributed by atoms with van der Waals surface area (Å²) in [6, 6.07) is 0. The van der Waals surface area contributed by atoms with Crippen LogP contribution in [0, 0.1) is 0 Å². The fraction of sp³-hybridized carbons (Fsp3) is 0.545. The van der Waals surface area contributed by atoms with Gasteiger partial charge in [-0.25, -0.2) is 0 Å². The number of hydrogen-bond donors (Lipinski definition) is 0. The molecule has 0 aliphatic heterocycles. The molecule has 1 aliphatic rings. The Bertz CT molecular complexity index is 323. The van der Waals surface area contributed by atoms with Crippen LogP contribution in [0.2, 0.25) is 0 Å². The Balaban J connectivity index is 2.90. The molecule has 82 valence electrons. The minimum absolute atomic E-state index is 0.254. The van der Waals surface area contributed by atoms with Crippen molar-refractivity contribution in [3.05, 3.63) is 29.5 Å². The molecule has 0 saturated heterocycles. The van der Waals surface area contributed by atoms with Gasteiger partial charge in [0, 0.05) is 32.0 Å². The second kappa shape index (κ2) is 5.49. The first-order chi connectivity index (χ1) is 7.26. The Morgan fingerprint density at radius 3 is 2.53 bits per heavy atom. The molecule has 0 saturated carbocycles. The van der Waals surface area contributed by atoms with E-state index < -0.39 is 0 Å². The van der Waals surface area contributed by atoms with Crippen LogP contribution in [0.1, 0.15) is 13.8 Å². The molecule has 0 fully saturated rings. The fourth-order valence-electron chi connectivity index (χ4n) is 1.64. The lowest BCUT2D eigenvalue weighted by Gasteiger charge is -2.24. The van der Waals surface area contributed by atoms with Gasteiger partial charge in [0.1, 0.15) is 0 Å². The van der Waals surface area contributed by atoms with Gasteiger partial charge in [-0.15, -0.1) is 0 Å². The predicted octanol–water partition coefficient (Wildman–Crippen LogP) is 1.47. The van der Waals surface area contributed by atoms with E-state index in [1.54, 1.807) is 13.2 Å². The highest BCUT2D eigenvalue weighted by Crippen LogP contribution is 2.14. The van der Waals surface area contributed by atoms with Gasteiger partial charge in [-0.05, 0) is 26.0 Å². The summed E-state index contributed by atoms with van der Waals surface area (Å²) in [5, 5.41) is 0. The number of hydrogen-bond acceptors (Lipinski definition) is 2. The number of methoxy groups -OCH3 is 1. The Hall–Kier alpha value is -1.38. The predicted molar refractivity (Wildman–Crippen MR) is 59.6 cm³/mol. The number of rotatable bonds is 4. The third-order valence-electron chi connectivity index (χ3n) is 2.54. The molecule has 0 N–H and O–H groups in total. The highest BCUT2D eigenvalue weighted by atomic mass is 16.5. The first-order valence-corrected chi connectivity index (χ1v) is 5.16. The smallest absolute Gasteiger partial charge is 0.324 e. The molecule has 1 rings (SSSR count). The molecule has 0 aromatic carbocycles. The fourth-order valence-corrected chi connectivity index (χ4v) is 1.64. The highest BCUT2D eigenvalue weighted by Gasteiger charge is 2.23. The van der Waals surface area contributed by atoms with Crippen molar-refractivity contribution >= 4 is 5.71 Å². The van der Waals surface area contributed by atoms with Crippen LogP contribution < -0.4 is 0 Å². The van der Waals surface area contributed by atoms with Gasteiger partial charge in [-0.3, -0.25) is 0 Å². The largest absolute Gasteiger partial charge is 0.372 e. The molecule has 1 aliphatic carbocycles. The van der Waals surface area contributed by atoms with Crippen LogP contribution in [0.5, 0.6) is 0 Å². The van der Waals surface area contributed by atoms with Crippen LogP contribution in [0.4, 0.5) is 0 Å². The Kier molecular flexibility index (Phi) is 4.28. The van der Waals surface area contributed by atoms with Crippen molar-refractivity contribution in [2.75, 3.05) is 20.2 Å². The number of nitrogens with zero attached hydrogens (tertiary/aromatic N) is 3. The van der Waals surface area contributed by atoms with Crippen molar-refractivity contribution in [1.82, 2.24) is 4.90 Å². The summed E-state index contributed by atoms with van der Waals surface area (Å²) in [7, 11) is 1.60. The topological polar surface area (TPSA) is 48.9 Å². The average molecular weight is 207 g/mol. The third kappa shape index (κ3) is 2.55. The number of allylic oxidation sites excluding steroid dienone is 1. The Morgan fingerprint density at radius 2 is 2.07 bits per heavy atom. The molecule has 4 heteroatoms. The molecule has 1 unspecified atom stereocenters. The summed E-state index contributed by atoms with van der Waals surface area (Å²) in [4.78, 5) is 5.41. The van der Waals surface area contributed by atoms with E-state index in [0.717, 1.165) is 18.8 Å². The van der Waals surface area contributed by atoms with Crippen molar-refractivity contribution in [1.29, 1.82) is 0 Å². The van der Waals surface area contributed by atoms with E-state index in [0.29, 0.717) is 5.71 Å². The Morgan fingerprint density at radius 1 is 1.40 bits per heavy atom. The van der Waals surface area contributed by atoms with E-state index >= 15 is 0 Å². The summed E-state index contributed by atoms with van der Waals surface area (Å²) in [5.41, 5.74) is 10.4. The quantitative estimate of drug-likeness (QED) is 0.517. The van der Waals surface area contributed by atoms with E-state index in [2.05, 4.69) is 23.5 Å². The van der Waals surface area contributed by atoms with Crippen LogP contribution in [0.25, 0.3) is 5.53 Å². The molecule has 0 radical (unpaired) electrons. The highest BCUT2D eigenvalue weighted by molar-refractivity contribution is 5.97. The summed E-state index contributed by atoms with van der Waals surface area (Å²) in [6.07, 6.45) is 5.43. The van der Waals surface area contributed by atoms with Crippen LogP contribution in [-0.4, -0.2) is 41.7 Å². The standard InChI is InChI=1S/C11H17N3O/c1-4-14(5-2)9-6-7-10(13-12)11(8-9)15-3/h6-8,11H,4-5H2,1-3H3. The van der Waals surface area contributed by atoms with Gasteiger partial charge in [0.25, 0.3) is 0 Å². The Labute approximate surface area is 90.5 Å². The second-order valence-electron chi connectivity index (χ2n) is 3.28. The van der Waals surface area contributed by atoms with E-state index in [-0.39, 0.29) is 6.10 Å². The van der Waals surface area contributed by atoms with Gasteiger partial charge in [-0.2, -0.15) is 4.79 Å². The maximum Gasteiger partial charge on any atom is 0.324 e. The van der Waals surface area contributed by atoms with Gasteiger partial charge in [0.2, 0.25) is 0 Å². The van der Waals surface area contributed by atoms with E-state index in [1.807, 2.05) is 12.2 Å². The summed E-state index contributed by atoms with van der Waals surface area (Å²) in [5.74, 6) is 0. The van der Waals surface area contributed by atoms with Gasteiger partial charge in [0.15, 0.2) is 6.10 Å². The third-order valence-corrected chi connectivity index (χ3v) is 2.54. The number of ether oxygens (including phenoxy) is 1. The zero-order chi connectivity index (χ0) is 11.3. The van der Waals surface area contributed by atoms with Crippen molar-refractivity contribution < 1.29 is 9.53 Å². The normalized spacial score (nSPS) is 19.8. The molecule has 0 amide bonds. The van der Waals surface area contributed by atoms with Gasteiger partial charge in [0.05, 0.1) is 0 Å². The average Bonchev–Trinajstić information content (AvgIpc) is 2.30. The minimum Gasteiger partial charge on any atom is -0.372 e. The minimum atomic E-state index is -0.254. The molecule has 4 nitrogen and oxygen atoms in total. The molecule has 0 aromatic rings. The van der Waals surface area contributed by atoms with Crippen molar-refractivity contribution in [2.24, 2.45) is 0 Å². The molecule has 0 bridgehead atoms. The van der Waals surface area contributed by atoms with Crippen molar-refractivity contribution in [3.8, 4) is 0 Å². The molecular formula is C11H17N3O. The van der Waals surface area contributed by atoms with Crippen LogP contribution in [-0.2, 0) is 4.74 Å². The van der Waals surface area contributed by atoms with Crippen LogP contribution in [0.15, 0.2) is 23.9 Å². The van der Waals surface area contributed by atoms with Gasteiger partial charge < -0.3 is 15.2 Å². The summed E-state index contributed by atoms with van der Waals surface area (Å²) >= 11 is 0. The number of likely N-dealkylation sites (N-methyl/N-ethyl adjacent to an activating group) is 1. The van der Waals surface area contributed by atoms with Crippen LogP contribution in [0.3, 0.4) is 0 Å². The lowest BCUT2D eigenvalue weighted by molar-refractivity contribution is -0.0186. The SMILES string of the molecule is CCN(CC)C1=CC(OC)C(=[N+]=[N-])C=C1. The first kappa shape index (κ1) is 11.7. The summed E-state index contributed by atoms with van der Waals surface area (Å²) < 4.78 is 5.22. The molecule has 1 atom stereocenters. The zero-order valence-electron chi connectivity index (χ0n) is 9.47. The second-order valence-corrected chi connectivity index (χ2v) is 3.28. The monoisotopic (exact) mass is 207 g/mol. The van der Waals surface area contributed by atoms with Crippen LogP contribution >= 0.6 is 0 Å². The van der Waals surface area contributed by atoms with Crippen molar-refractivity contribution in [2.45, 2.75) is 20.0 Å². The zero-order valence-corrected chi connectivity index (χ0v) is 9.47. The maximum absolute atomic E-state index is 8.75. The molecule has 0 spiro atoms. The van der Waals surface area contributed by atoms with E-state index in [9.17, 15) is 0 Å². The van der Waals surface area contributed by atoms with Crippen molar-refractivity contribution in [3.63, 3.8) is 0 Å². The molecular weight excluding hydrogens is 190 g/mol. The molecule has 0 heterocycles. The maximum atomic E-state index is 8.75. The molecule has 0 aromatic heterocycles. The lowest BCUT2D eigenvalue weighted by atomic mass is 10.1. The molecule has 15 heavy (non-hydrogen) atoms. The van der Waals surface area contributed by atoms with Gasteiger partial charge >= 0.3 is 5.71 Å².